The van der Waals surface area contributed by atoms with Crippen molar-refractivity contribution in [3.8, 4) is 0 Å². The van der Waals surface area contributed by atoms with Crippen LogP contribution in [0, 0.1) is 0 Å². The van der Waals surface area contributed by atoms with E-state index in [1.165, 1.54) is 0 Å². The average Bonchev–Trinajstić information content (AvgIpc) is 3.19. The second-order valence-electron chi connectivity index (χ2n) is 5.86. The molecule has 0 bridgehead atoms. The predicted octanol–water partition coefficient (Wildman–Crippen LogP) is 4.24. The molecule has 0 unspecified atom stereocenters. The summed E-state index contributed by atoms with van der Waals surface area (Å²) in [6.07, 6.45) is -3.73. The van der Waals surface area contributed by atoms with E-state index in [9.17, 15) is 18.0 Å². The maximum Gasteiger partial charge on any atom is 0.417 e. The number of halogens is 4. The minimum absolute atomic E-state index is 0.0735. The highest BCUT2D eigenvalue weighted by Crippen LogP contribution is 2.33. The lowest BCUT2D eigenvalue weighted by atomic mass is 10.1. The van der Waals surface area contributed by atoms with Gasteiger partial charge < -0.3 is 4.52 Å². The van der Waals surface area contributed by atoms with Gasteiger partial charge in [-0.1, -0.05) is 42.4 Å². The number of alkyl halides is 3. The van der Waals surface area contributed by atoms with Gasteiger partial charge in [0, 0.05) is 12.3 Å². The van der Waals surface area contributed by atoms with Crippen molar-refractivity contribution in [2.75, 3.05) is 11.1 Å². The van der Waals surface area contributed by atoms with E-state index >= 15 is 0 Å². The lowest BCUT2D eigenvalue weighted by Gasteiger charge is -2.08. The van der Waals surface area contributed by atoms with Crippen LogP contribution in [0.3, 0.4) is 0 Å². The number of nitrogens with one attached hydrogen (secondary N) is 1. The maximum atomic E-state index is 12.9. The quantitative estimate of drug-likeness (QED) is 0.622. The molecule has 0 aliphatic heterocycles. The zero-order valence-corrected chi connectivity index (χ0v) is 15.6. The van der Waals surface area contributed by atoms with Crippen molar-refractivity contribution >= 4 is 40.8 Å². The van der Waals surface area contributed by atoms with Gasteiger partial charge >= 0.3 is 6.18 Å². The van der Waals surface area contributed by atoms with E-state index in [4.69, 9.17) is 16.1 Å². The molecule has 0 saturated heterocycles. The summed E-state index contributed by atoms with van der Waals surface area (Å²) in [4.78, 5) is 12.0. The minimum Gasteiger partial charge on any atom is -0.338 e. The highest BCUT2D eigenvalue weighted by Gasteiger charge is 2.32. The van der Waals surface area contributed by atoms with Crippen LogP contribution >= 0.6 is 23.4 Å². The fourth-order valence-corrected chi connectivity index (χ4v) is 3.07. The maximum absolute atomic E-state index is 12.9. The van der Waals surface area contributed by atoms with Crippen LogP contribution in [0.1, 0.15) is 31.0 Å². The van der Waals surface area contributed by atoms with Crippen molar-refractivity contribution < 1.29 is 22.5 Å². The molecule has 1 N–H and O–H groups in total. The molecule has 12 heteroatoms. The van der Waals surface area contributed by atoms with E-state index in [-0.39, 0.29) is 33.4 Å². The zero-order chi connectivity index (χ0) is 19.8. The third kappa shape index (κ3) is 4.35. The van der Waals surface area contributed by atoms with Gasteiger partial charge in [0.25, 0.3) is 0 Å². The van der Waals surface area contributed by atoms with E-state index in [0.717, 1.165) is 28.4 Å². The van der Waals surface area contributed by atoms with E-state index in [0.29, 0.717) is 5.69 Å². The first-order valence-corrected chi connectivity index (χ1v) is 9.02. The number of rotatable bonds is 5. The molecule has 3 aromatic heterocycles. The van der Waals surface area contributed by atoms with Crippen LogP contribution in [-0.4, -0.2) is 31.4 Å². The van der Waals surface area contributed by atoms with Gasteiger partial charge in [-0.25, -0.2) is 0 Å². The summed E-state index contributed by atoms with van der Waals surface area (Å²) in [6.45, 7) is 3.85. The molecule has 1 amide bonds. The number of nitrogens with zero attached hydrogens (tertiary/aromatic N) is 4. The van der Waals surface area contributed by atoms with Crippen molar-refractivity contribution in [1.82, 2.24) is 19.8 Å². The molecule has 0 aliphatic carbocycles. The number of carbonyl (C=O) groups excluding carboxylic acids is 1. The van der Waals surface area contributed by atoms with Crippen LogP contribution in [0.15, 0.2) is 28.0 Å². The molecule has 144 valence electrons. The number of amides is 1. The van der Waals surface area contributed by atoms with Crippen LogP contribution in [-0.2, 0) is 11.0 Å². The first kappa shape index (κ1) is 19.5. The Kier molecular flexibility index (Phi) is 5.33. The lowest BCUT2D eigenvalue weighted by Crippen LogP contribution is -2.14. The number of pyridine rings is 1. The molecule has 3 rings (SSSR count). The summed E-state index contributed by atoms with van der Waals surface area (Å²) in [5.41, 5.74) is -0.172. The first-order valence-electron chi connectivity index (χ1n) is 7.66. The zero-order valence-electron chi connectivity index (χ0n) is 14.0. The van der Waals surface area contributed by atoms with Gasteiger partial charge in [0.2, 0.25) is 11.8 Å². The van der Waals surface area contributed by atoms with Gasteiger partial charge in [-0.15, -0.1) is 10.2 Å². The Morgan fingerprint density at radius 3 is 2.74 bits per heavy atom. The largest absolute Gasteiger partial charge is 0.417 e. The molecule has 0 saturated carbocycles. The molecule has 0 fully saturated rings. The van der Waals surface area contributed by atoms with E-state index in [2.05, 4.69) is 20.7 Å². The number of fused-ring (bicyclic) bond motifs is 1. The van der Waals surface area contributed by atoms with Crippen molar-refractivity contribution in [1.29, 1.82) is 0 Å². The molecule has 3 heterocycles. The third-order valence-electron chi connectivity index (χ3n) is 3.47. The van der Waals surface area contributed by atoms with Gasteiger partial charge in [0.05, 0.1) is 22.0 Å². The molecule has 0 radical (unpaired) electrons. The monoisotopic (exact) mass is 419 g/mol. The van der Waals surface area contributed by atoms with Crippen molar-refractivity contribution in [2.45, 2.75) is 31.1 Å². The molecule has 0 atom stereocenters. The summed E-state index contributed by atoms with van der Waals surface area (Å²) in [5.74, 6) is -0.213. The Balaban J connectivity index is 1.72. The lowest BCUT2D eigenvalue weighted by molar-refractivity contribution is -0.137. The Hall–Kier alpha value is -2.27. The highest BCUT2D eigenvalue weighted by atomic mass is 35.5. The normalized spacial score (nSPS) is 12.1. The molecule has 0 spiro atoms. The fraction of sp³-hybridized carbons (Fsp3) is 0.333. The van der Waals surface area contributed by atoms with Gasteiger partial charge in [-0.05, 0) is 12.0 Å². The van der Waals surface area contributed by atoms with Crippen molar-refractivity contribution in [3.63, 3.8) is 0 Å². The second-order valence-corrected chi connectivity index (χ2v) is 7.21. The predicted molar refractivity (Wildman–Crippen MR) is 92.9 cm³/mol. The van der Waals surface area contributed by atoms with Crippen molar-refractivity contribution in [3.05, 3.63) is 34.6 Å². The Labute approximate surface area is 160 Å². The molecule has 3 aromatic rings. The van der Waals surface area contributed by atoms with Crippen molar-refractivity contribution in [2.24, 2.45) is 0 Å². The summed E-state index contributed by atoms with van der Waals surface area (Å²) in [5, 5.41) is 13.8. The molecular weight excluding hydrogens is 407 g/mol. The summed E-state index contributed by atoms with van der Waals surface area (Å²) < 4.78 is 45.0. The summed E-state index contributed by atoms with van der Waals surface area (Å²) in [6, 6.07) is 2.39. The van der Waals surface area contributed by atoms with E-state index in [1.54, 1.807) is 6.07 Å². The number of aromatic nitrogens is 4. The average molecular weight is 420 g/mol. The van der Waals surface area contributed by atoms with Crippen LogP contribution in [0.5, 0.6) is 0 Å². The molecule has 7 nitrogen and oxygen atoms in total. The van der Waals surface area contributed by atoms with Gasteiger partial charge in [-0.3, -0.25) is 14.5 Å². The van der Waals surface area contributed by atoms with Gasteiger partial charge in [-0.2, -0.15) is 13.2 Å². The van der Waals surface area contributed by atoms with Crippen LogP contribution in [0.4, 0.5) is 19.1 Å². The standard InChI is InChI=1S/C15H13ClF3N5O2S/c1-7(2)10-4-12(26-23-10)20-11(25)6-27-14-22-21-13-9(16)3-8(5-24(13)14)15(17,18)19/h3-5,7H,6H2,1-2H3,(H,20,25). The third-order valence-corrected chi connectivity index (χ3v) is 4.69. The molecular formula is C15H13ClF3N5O2S. The van der Waals surface area contributed by atoms with E-state index in [1.807, 2.05) is 13.8 Å². The fourth-order valence-electron chi connectivity index (χ4n) is 2.11. The van der Waals surface area contributed by atoms with Gasteiger partial charge in [0.1, 0.15) is 0 Å². The summed E-state index contributed by atoms with van der Waals surface area (Å²) >= 11 is 6.76. The van der Waals surface area contributed by atoms with E-state index < -0.39 is 17.6 Å². The minimum atomic E-state index is -4.57. The number of anilines is 1. The Morgan fingerprint density at radius 2 is 2.11 bits per heavy atom. The molecule has 0 aliphatic rings. The Bertz CT molecular complexity index is 986. The first-order chi connectivity index (χ1) is 12.6. The molecule has 27 heavy (non-hydrogen) atoms. The Morgan fingerprint density at radius 1 is 1.37 bits per heavy atom. The number of carbonyl (C=O) groups is 1. The van der Waals surface area contributed by atoms with Gasteiger partial charge in [0.15, 0.2) is 10.8 Å². The van der Waals surface area contributed by atoms with Crippen LogP contribution in [0.25, 0.3) is 5.65 Å². The topological polar surface area (TPSA) is 85.3 Å². The smallest absolute Gasteiger partial charge is 0.338 e. The number of thioether (sulfide) groups is 1. The second kappa shape index (κ2) is 7.39. The number of hydrogen-bond donors (Lipinski definition) is 1. The van der Waals surface area contributed by atoms with Crippen LogP contribution in [0.2, 0.25) is 5.02 Å². The number of hydrogen-bond acceptors (Lipinski definition) is 6. The SMILES string of the molecule is CC(C)c1cc(NC(=O)CSc2nnc3c(Cl)cc(C(F)(F)F)cn23)on1. The highest BCUT2D eigenvalue weighted by molar-refractivity contribution is 7.99. The summed E-state index contributed by atoms with van der Waals surface area (Å²) in [7, 11) is 0. The molecule has 0 aromatic carbocycles. The van der Waals surface area contributed by atoms with Crippen LogP contribution < -0.4 is 5.32 Å².